The fourth-order valence-corrected chi connectivity index (χ4v) is 3.23. The van der Waals surface area contributed by atoms with Crippen LogP contribution >= 0.6 is 11.6 Å². The second-order valence-corrected chi connectivity index (χ2v) is 5.91. The first-order valence-corrected chi connectivity index (χ1v) is 7.62. The largest absolute Gasteiger partial charge is 0.396 e. The summed E-state index contributed by atoms with van der Waals surface area (Å²) in [5.74, 6) is 0. The summed E-state index contributed by atoms with van der Waals surface area (Å²) in [7, 11) is 0. The highest BCUT2D eigenvalue weighted by molar-refractivity contribution is 6.30. The number of aliphatic hydroxyl groups is 1. The topological polar surface area (TPSA) is 40.8 Å². The number of likely N-dealkylation sites (tertiary alicyclic amines) is 1. The summed E-state index contributed by atoms with van der Waals surface area (Å²) < 4.78 is 1.98. The Morgan fingerprint density at radius 1 is 1.35 bits per heavy atom. The molecule has 0 aromatic carbocycles. The number of imidazole rings is 1. The van der Waals surface area contributed by atoms with Crippen LogP contribution in [0.25, 0.3) is 5.65 Å². The first-order valence-electron chi connectivity index (χ1n) is 7.24. The molecule has 3 rings (SSSR count). The molecule has 0 bridgehead atoms. The van der Waals surface area contributed by atoms with E-state index in [1.165, 1.54) is 12.8 Å². The van der Waals surface area contributed by atoms with Crippen LogP contribution < -0.4 is 0 Å². The van der Waals surface area contributed by atoms with E-state index in [2.05, 4.69) is 16.1 Å². The third kappa shape index (κ3) is 2.97. The highest BCUT2D eigenvalue weighted by Crippen LogP contribution is 2.23. The highest BCUT2D eigenvalue weighted by Gasteiger charge is 2.24. The first-order chi connectivity index (χ1) is 9.76. The number of nitrogens with zero attached hydrogens (tertiary/aromatic N) is 3. The second kappa shape index (κ2) is 6.12. The molecule has 1 atom stereocenters. The van der Waals surface area contributed by atoms with E-state index in [4.69, 9.17) is 16.7 Å². The smallest absolute Gasteiger partial charge is 0.137 e. The molecule has 0 saturated carbocycles. The Labute approximate surface area is 124 Å². The first kappa shape index (κ1) is 13.9. The van der Waals surface area contributed by atoms with Gasteiger partial charge in [-0.2, -0.15) is 0 Å². The van der Waals surface area contributed by atoms with Gasteiger partial charge in [-0.3, -0.25) is 4.90 Å². The lowest BCUT2D eigenvalue weighted by Crippen LogP contribution is -2.29. The maximum atomic E-state index is 8.98. The number of aliphatic hydroxyl groups excluding tert-OH is 1. The van der Waals surface area contributed by atoms with Gasteiger partial charge in [-0.05, 0) is 44.4 Å². The van der Waals surface area contributed by atoms with Crippen LogP contribution in [0.1, 0.15) is 31.4 Å². The summed E-state index contributed by atoms with van der Waals surface area (Å²) in [6.07, 6.45) is 8.40. The van der Waals surface area contributed by atoms with Crippen molar-refractivity contribution in [2.75, 3.05) is 13.2 Å². The lowest BCUT2D eigenvalue weighted by atomic mass is 10.1. The van der Waals surface area contributed by atoms with Crippen LogP contribution in [0.2, 0.25) is 5.02 Å². The number of hydrogen-bond donors (Lipinski definition) is 1. The van der Waals surface area contributed by atoms with Crippen molar-refractivity contribution >= 4 is 17.2 Å². The molecule has 3 heterocycles. The van der Waals surface area contributed by atoms with Crippen LogP contribution in [0.15, 0.2) is 24.5 Å². The van der Waals surface area contributed by atoms with Gasteiger partial charge < -0.3 is 9.51 Å². The minimum absolute atomic E-state index is 0.289. The lowest BCUT2D eigenvalue weighted by molar-refractivity contribution is 0.208. The summed E-state index contributed by atoms with van der Waals surface area (Å²) in [5, 5.41) is 9.70. The molecule has 1 N–H and O–H groups in total. The van der Waals surface area contributed by atoms with Gasteiger partial charge in [-0.15, -0.1) is 0 Å². The molecule has 1 aliphatic rings. The zero-order valence-corrected chi connectivity index (χ0v) is 12.3. The average Bonchev–Trinajstić information content (AvgIpc) is 3.02. The molecule has 5 heteroatoms. The van der Waals surface area contributed by atoms with Crippen LogP contribution in [-0.4, -0.2) is 38.6 Å². The molecular formula is C15H20ClN3O. The minimum Gasteiger partial charge on any atom is -0.396 e. The molecule has 2 aromatic heterocycles. The molecule has 108 valence electrons. The van der Waals surface area contributed by atoms with Crippen LogP contribution in [0.5, 0.6) is 0 Å². The quantitative estimate of drug-likeness (QED) is 0.921. The number of halogens is 1. The predicted molar refractivity (Wildman–Crippen MR) is 80.0 cm³/mol. The van der Waals surface area contributed by atoms with Gasteiger partial charge in [0.25, 0.3) is 0 Å². The zero-order chi connectivity index (χ0) is 13.9. The van der Waals surface area contributed by atoms with E-state index < -0.39 is 0 Å². The summed E-state index contributed by atoms with van der Waals surface area (Å²) in [6.45, 7) is 2.30. The maximum Gasteiger partial charge on any atom is 0.137 e. The van der Waals surface area contributed by atoms with Crippen molar-refractivity contribution < 1.29 is 5.11 Å². The Bertz CT molecular complexity index is 584. The SMILES string of the molecule is OCCCC1CCCN1Cc1cn2cc(Cl)ccc2n1. The molecule has 0 spiro atoms. The Morgan fingerprint density at radius 2 is 2.25 bits per heavy atom. The zero-order valence-electron chi connectivity index (χ0n) is 11.5. The van der Waals surface area contributed by atoms with E-state index in [0.29, 0.717) is 6.04 Å². The molecular weight excluding hydrogens is 274 g/mol. The van der Waals surface area contributed by atoms with Gasteiger partial charge in [-0.25, -0.2) is 4.98 Å². The molecule has 1 fully saturated rings. The van der Waals surface area contributed by atoms with Gasteiger partial charge in [0.15, 0.2) is 0 Å². The summed E-state index contributed by atoms with van der Waals surface area (Å²) in [5.41, 5.74) is 2.03. The number of aromatic nitrogens is 2. The van der Waals surface area contributed by atoms with Gasteiger partial charge in [0, 0.05) is 31.6 Å². The number of hydrogen-bond acceptors (Lipinski definition) is 3. The molecule has 1 aliphatic heterocycles. The molecule has 4 nitrogen and oxygen atoms in total. The Balaban J connectivity index is 1.71. The number of pyridine rings is 1. The van der Waals surface area contributed by atoms with Gasteiger partial charge in [0.1, 0.15) is 5.65 Å². The standard InChI is InChI=1S/C15H20ClN3O/c16-12-5-6-15-17-13(11-19(15)9-12)10-18-7-1-3-14(18)4-2-8-20/h5-6,9,11,14,20H,1-4,7-8,10H2. The molecule has 0 radical (unpaired) electrons. The summed E-state index contributed by atoms with van der Waals surface area (Å²) in [6, 6.07) is 4.41. The van der Waals surface area contributed by atoms with E-state index >= 15 is 0 Å². The third-order valence-electron chi connectivity index (χ3n) is 4.02. The second-order valence-electron chi connectivity index (χ2n) is 5.48. The molecule has 1 saturated heterocycles. The van der Waals surface area contributed by atoms with Crippen molar-refractivity contribution in [3.63, 3.8) is 0 Å². The van der Waals surface area contributed by atoms with Gasteiger partial charge >= 0.3 is 0 Å². The molecule has 2 aromatic rings. The summed E-state index contributed by atoms with van der Waals surface area (Å²) in [4.78, 5) is 7.13. The van der Waals surface area contributed by atoms with Gasteiger partial charge in [0.2, 0.25) is 0 Å². The van der Waals surface area contributed by atoms with E-state index in [1.54, 1.807) is 0 Å². The maximum absolute atomic E-state index is 8.98. The molecule has 20 heavy (non-hydrogen) atoms. The van der Waals surface area contributed by atoms with Crippen molar-refractivity contribution in [3.8, 4) is 0 Å². The predicted octanol–water partition coefficient (Wildman–Crippen LogP) is 2.72. The Morgan fingerprint density at radius 3 is 3.10 bits per heavy atom. The molecule has 0 amide bonds. The Kier molecular flexibility index (Phi) is 4.24. The van der Waals surface area contributed by atoms with Crippen molar-refractivity contribution in [3.05, 3.63) is 35.2 Å². The van der Waals surface area contributed by atoms with E-state index in [1.807, 2.05) is 22.7 Å². The van der Waals surface area contributed by atoms with E-state index in [-0.39, 0.29) is 6.61 Å². The van der Waals surface area contributed by atoms with E-state index in [9.17, 15) is 0 Å². The van der Waals surface area contributed by atoms with Crippen molar-refractivity contribution in [1.29, 1.82) is 0 Å². The summed E-state index contributed by atoms with van der Waals surface area (Å²) >= 11 is 6.00. The van der Waals surface area contributed by atoms with Crippen LogP contribution in [0, 0.1) is 0 Å². The third-order valence-corrected chi connectivity index (χ3v) is 4.25. The Hall–Kier alpha value is -1.10. The molecule has 1 unspecified atom stereocenters. The monoisotopic (exact) mass is 293 g/mol. The molecule has 0 aliphatic carbocycles. The van der Waals surface area contributed by atoms with Crippen LogP contribution in [0.3, 0.4) is 0 Å². The van der Waals surface area contributed by atoms with Crippen molar-refractivity contribution in [2.24, 2.45) is 0 Å². The van der Waals surface area contributed by atoms with Crippen molar-refractivity contribution in [2.45, 2.75) is 38.3 Å². The highest BCUT2D eigenvalue weighted by atomic mass is 35.5. The lowest BCUT2D eigenvalue weighted by Gasteiger charge is -2.23. The van der Waals surface area contributed by atoms with E-state index in [0.717, 1.165) is 42.3 Å². The minimum atomic E-state index is 0.289. The van der Waals surface area contributed by atoms with Crippen LogP contribution in [-0.2, 0) is 6.54 Å². The number of rotatable bonds is 5. The van der Waals surface area contributed by atoms with Gasteiger partial charge in [-0.1, -0.05) is 11.6 Å². The normalized spacial score (nSPS) is 20.0. The number of fused-ring (bicyclic) bond motifs is 1. The van der Waals surface area contributed by atoms with Crippen molar-refractivity contribution in [1.82, 2.24) is 14.3 Å². The van der Waals surface area contributed by atoms with Crippen LogP contribution in [0.4, 0.5) is 0 Å². The fraction of sp³-hybridized carbons (Fsp3) is 0.533. The average molecular weight is 294 g/mol. The van der Waals surface area contributed by atoms with Gasteiger partial charge in [0.05, 0.1) is 10.7 Å². The fourth-order valence-electron chi connectivity index (χ4n) is 3.06.